The minimum absolute atomic E-state index is 0. The molecule has 1 aromatic heterocycles. The maximum atomic E-state index is 8.00. The van der Waals surface area contributed by atoms with E-state index in [0.717, 1.165) is 0 Å². The molecular formula is C8H11CrNO3+2. The zero-order chi connectivity index (χ0) is 10.2. The van der Waals surface area contributed by atoms with E-state index in [0.29, 0.717) is 0 Å². The molecular weight excluding hydrogens is 210 g/mol. The van der Waals surface area contributed by atoms with Crippen molar-refractivity contribution in [3.8, 4) is 0 Å². The first-order chi connectivity index (χ1) is 6.00. The third-order valence-electron chi connectivity index (χ3n) is 0.566. The number of carbonyl (C=O) groups excluding carboxylic acids is 3. The monoisotopic (exact) mass is 221 g/mol. The second kappa shape index (κ2) is 45.6. The second-order valence-corrected chi connectivity index (χ2v) is 1.02. The van der Waals surface area contributed by atoms with Crippen LogP contribution in [0, 0.1) is 0 Å². The fourth-order valence-electron chi connectivity index (χ4n) is 0.313. The van der Waals surface area contributed by atoms with Crippen molar-refractivity contribution in [3.63, 3.8) is 0 Å². The molecule has 4 nitrogen and oxygen atoms in total. The predicted octanol–water partition coefficient (Wildman–Crippen LogP) is 0.524. The second-order valence-electron chi connectivity index (χ2n) is 1.02. The van der Waals surface area contributed by atoms with Gasteiger partial charge in [0, 0.05) is 12.4 Å². The van der Waals surface area contributed by atoms with E-state index in [-0.39, 0.29) is 17.4 Å². The molecule has 0 saturated heterocycles. The molecule has 0 unspecified atom stereocenters. The summed E-state index contributed by atoms with van der Waals surface area (Å²) in [6.07, 6.45) is 3.50. The molecule has 0 aromatic carbocycles. The Kier molecular flexibility index (Phi) is 79.3. The fourth-order valence-corrected chi connectivity index (χ4v) is 0.313. The van der Waals surface area contributed by atoms with Crippen molar-refractivity contribution in [3.05, 3.63) is 30.6 Å². The predicted molar refractivity (Wildman–Crippen MR) is 45.6 cm³/mol. The zero-order valence-electron chi connectivity index (χ0n) is 7.09. The van der Waals surface area contributed by atoms with Crippen molar-refractivity contribution in [1.29, 1.82) is 0 Å². The van der Waals surface area contributed by atoms with Gasteiger partial charge in [0.2, 0.25) is 0 Å². The van der Waals surface area contributed by atoms with Gasteiger partial charge in [-0.15, -0.1) is 0 Å². The van der Waals surface area contributed by atoms with Gasteiger partial charge in [-0.3, -0.25) is 4.98 Å². The molecule has 0 atom stereocenters. The SMILES string of the molecule is C=O.C=O.C=O.[Cr+2].c1ccncc1. The summed E-state index contributed by atoms with van der Waals surface area (Å²) in [5, 5.41) is 0. The largest absolute Gasteiger partial charge is 2.00 e. The van der Waals surface area contributed by atoms with Crippen LogP contribution in [0.1, 0.15) is 0 Å². The maximum Gasteiger partial charge on any atom is 2.00 e. The van der Waals surface area contributed by atoms with E-state index in [4.69, 9.17) is 14.4 Å². The summed E-state index contributed by atoms with van der Waals surface area (Å²) in [7, 11) is 0. The number of hydrogen-bond acceptors (Lipinski definition) is 4. The number of aromatic nitrogens is 1. The van der Waals surface area contributed by atoms with Gasteiger partial charge in [-0.1, -0.05) is 6.07 Å². The topological polar surface area (TPSA) is 64.1 Å². The number of nitrogens with zero attached hydrogens (tertiary/aromatic N) is 1. The summed E-state index contributed by atoms with van der Waals surface area (Å²) in [6.45, 7) is 6.00. The first kappa shape index (κ1) is 22.6. The molecule has 0 N–H and O–H groups in total. The molecule has 70 valence electrons. The molecule has 5 heteroatoms. The Bertz CT molecular complexity index is 120. The molecule has 1 heterocycles. The van der Waals surface area contributed by atoms with E-state index in [1.165, 1.54) is 0 Å². The van der Waals surface area contributed by atoms with Crippen LogP contribution in [-0.2, 0) is 31.7 Å². The van der Waals surface area contributed by atoms with Crippen LogP contribution >= 0.6 is 0 Å². The Hall–Kier alpha value is -1.31. The molecule has 0 fully saturated rings. The quantitative estimate of drug-likeness (QED) is 0.640. The molecule has 0 aliphatic heterocycles. The summed E-state index contributed by atoms with van der Waals surface area (Å²) in [4.78, 5) is 27.8. The first-order valence-electron chi connectivity index (χ1n) is 2.72. The number of rotatable bonds is 0. The molecule has 0 amide bonds. The molecule has 0 spiro atoms. The van der Waals surface area contributed by atoms with Gasteiger partial charge < -0.3 is 14.4 Å². The van der Waals surface area contributed by atoms with Gasteiger partial charge >= 0.3 is 17.4 Å². The molecule has 0 radical (unpaired) electrons. The van der Waals surface area contributed by atoms with Gasteiger partial charge in [0.25, 0.3) is 0 Å². The summed E-state index contributed by atoms with van der Waals surface area (Å²) < 4.78 is 0. The minimum atomic E-state index is 0. The minimum Gasteiger partial charge on any atom is -0.307 e. The molecule has 1 aromatic rings. The van der Waals surface area contributed by atoms with E-state index in [1.807, 2.05) is 38.6 Å². The molecule has 1 rings (SSSR count). The van der Waals surface area contributed by atoms with E-state index < -0.39 is 0 Å². The van der Waals surface area contributed by atoms with E-state index >= 15 is 0 Å². The Morgan fingerprint density at radius 2 is 1.00 bits per heavy atom. The van der Waals surface area contributed by atoms with Crippen molar-refractivity contribution >= 4 is 20.4 Å². The number of carbonyl (C=O) groups is 3. The van der Waals surface area contributed by atoms with Crippen LogP contribution in [0.3, 0.4) is 0 Å². The maximum absolute atomic E-state index is 8.00. The summed E-state index contributed by atoms with van der Waals surface area (Å²) in [5.41, 5.74) is 0. The van der Waals surface area contributed by atoms with Crippen molar-refractivity contribution in [2.24, 2.45) is 0 Å². The van der Waals surface area contributed by atoms with E-state index in [2.05, 4.69) is 4.98 Å². The molecule has 0 bridgehead atoms. The Morgan fingerprint density at radius 1 is 0.692 bits per heavy atom. The normalized spacial score (nSPS) is 4.62. The average molecular weight is 221 g/mol. The molecule has 0 saturated carbocycles. The third kappa shape index (κ3) is 36.7. The van der Waals surface area contributed by atoms with Gasteiger partial charge in [-0.25, -0.2) is 0 Å². The Morgan fingerprint density at radius 3 is 1.08 bits per heavy atom. The summed E-state index contributed by atoms with van der Waals surface area (Å²) >= 11 is 0. The van der Waals surface area contributed by atoms with Gasteiger partial charge in [-0.2, -0.15) is 0 Å². The standard InChI is InChI=1S/C5H5N.3CH2O.Cr/c1-2-4-6-5-3-1;3*1-2;/h1-5H;3*1H2;/q;;;;+2. The van der Waals surface area contributed by atoms with Gasteiger partial charge in [-0.05, 0) is 12.1 Å². The van der Waals surface area contributed by atoms with E-state index in [9.17, 15) is 0 Å². The van der Waals surface area contributed by atoms with Crippen molar-refractivity contribution in [1.82, 2.24) is 4.98 Å². The number of pyridine rings is 1. The van der Waals surface area contributed by atoms with Gasteiger partial charge in [0.1, 0.15) is 20.4 Å². The van der Waals surface area contributed by atoms with Gasteiger partial charge in [0.15, 0.2) is 0 Å². The molecule has 0 aliphatic rings. The van der Waals surface area contributed by atoms with E-state index in [1.54, 1.807) is 12.4 Å². The van der Waals surface area contributed by atoms with Crippen LogP contribution in [0.4, 0.5) is 0 Å². The van der Waals surface area contributed by atoms with Crippen LogP contribution in [-0.4, -0.2) is 25.4 Å². The van der Waals surface area contributed by atoms with Gasteiger partial charge in [0.05, 0.1) is 0 Å². The third-order valence-corrected chi connectivity index (χ3v) is 0.566. The van der Waals surface area contributed by atoms with Crippen LogP contribution < -0.4 is 0 Å². The number of hydrogen-bond donors (Lipinski definition) is 0. The van der Waals surface area contributed by atoms with Crippen molar-refractivity contribution in [2.75, 3.05) is 0 Å². The first-order valence-corrected chi connectivity index (χ1v) is 2.72. The summed E-state index contributed by atoms with van der Waals surface area (Å²) in [5.74, 6) is 0. The Labute approximate surface area is 88.1 Å². The van der Waals surface area contributed by atoms with Crippen LogP contribution in [0.25, 0.3) is 0 Å². The fraction of sp³-hybridized carbons (Fsp3) is 0. The van der Waals surface area contributed by atoms with Crippen molar-refractivity contribution in [2.45, 2.75) is 0 Å². The summed E-state index contributed by atoms with van der Waals surface area (Å²) in [6, 6.07) is 5.72. The molecule has 13 heavy (non-hydrogen) atoms. The van der Waals surface area contributed by atoms with Crippen LogP contribution in [0.15, 0.2) is 30.6 Å². The zero-order valence-corrected chi connectivity index (χ0v) is 8.36. The average Bonchev–Trinajstić information content (AvgIpc) is 2.29. The van der Waals surface area contributed by atoms with Crippen LogP contribution in [0.5, 0.6) is 0 Å². The molecule has 0 aliphatic carbocycles. The Balaban J connectivity index is -0.0000000508. The smallest absolute Gasteiger partial charge is 0.307 e. The van der Waals surface area contributed by atoms with Crippen LogP contribution in [0.2, 0.25) is 0 Å². The van der Waals surface area contributed by atoms with Crippen molar-refractivity contribution < 1.29 is 31.7 Å².